The molecule has 5 heteroatoms. The monoisotopic (exact) mass is 259 g/mol. The SMILES string of the molecule is ClCc1ccccc1.Cl[Si](Cl)Cl. The number of alkyl halides is 1. The third kappa shape index (κ3) is 8.69. The Morgan fingerprint density at radius 3 is 1.67 bits per heavy atom. The Morgan fingerprint density at radius 1 is 1.00 bits per heavy atom. The van der Waals surface area contributed by atoms with Crippen molar-refractivity contribution < 1.29 is 0 Å². The predicted molar refractivity (Wildman–Crippen MR) is 59.3 cm³/mol. The fourth-order valence-electron chi connectivity index (χ4n) is 0.567. The topological polar surface area (TPSA) is 0 Å². The average Bonchev–Trinajstić information content (AvgIpc) is 2.05. The van der Waals surface area contributed by atoms with Crippen LogP contribution in [0.1, 0.15) is 5.56 Å². The largest absolute Gasteiger partial charge is 0.376 e. The predicted octanol–water partition coefficient (Wildman–Crippen LogP) is 4.11. The molecule has 1 rings (SSSR count). The van der Waals surface area contributed by atoms with Crippen LogP contribution in [0.15, 0.2) is 30.3 Å². The summed E-state index contributed by atoms with van der Waals surface area (Å²) in [6.07, 6.45) is 0. The molecule has 0 N–H and O–H groups in total. The van der Waals surface area contributed by atoms with Gasteiger partial charge >= 0.3 is 6.73 Å². The van der Waals surface area contributed by atoms with Gasteiger partial charge in [-0.15, -0.1) is 44.8 Å². The molecule has 1 aromatic rings. The van der Waals surface area contributed by atoms with Crippen LogP contribution in [-0.4, -0.2) is 6.73 Å². The molecule has 0 heterocycles. The molecule has 0 bridgehead atoms. The number of rotatable bonds is 1. The molecule has 12 heavy (non-hydrogen) atoms. The quantitative estimate of drug-likeness (QED) is 0.405. The third-order valence-electron chi connectivity index (χ3n) is 0.997. The van der Waals surface area contributed by atoms with E-state index in [1.54, 1.807) is 0 Å². The van der Waals surface area contributed by atoms with E-state index in [-0.39, 0.29) is 0 Å². The van der Waals surface area contributed by atoms with Crippen LogP contribution in [0.2, 0.25) is 0 Å². The summed E-state index contributed by atoms with van der Waals surface area (Å²) < 4.78 is 0. The van der Waals surface area contributed by atoms with Gasteiger partial charge in [0, 0.05) is 5.88 Å². The molecule has 0 saturated heterocycles. The van der Waals surface area contributed by atoms with Crippen LogP contribution in [0.3, 0.4) is 0 Å². The minimum absolute atomic E-state index is 0.612. The molecule has 0 fully saturated rings. The first-order valence-electron chi connectivity index (χ1n) is 3.10. The van der Waals surface area contributed by atoms with Crippen molar-refractivity contribution in [3.8, 4) is 0 Å². The molecule has 0 amide bonds. The van der Waals surface area contributed by atoms with Crippen molar-refractivity contribution in [3.63, 3.8) is 0 Å². The van der Waals surface area contributed by atoms with Gasteiger partial charge in [0.05, 0.1) is 0 Å². The molecule has 67 valence electrons. The van der Waals surface area contributed by atoms with Crippen molar-refractivity contribution in [1.29, 1.82) is 0 Å². The van der Waals surface area contributed by atoms with Gasteiger partial charge in [-0.1, -0.05) is 30.3 Å². The summed E-state index contributed by atoms with van der Waals surface area (Å²) in [5.74, 6) is 0.612. The standard InChI is InChI=1S/C7H7Cl.Cl3Si/c8-6-7-4-2-1-3-5-7;1-4(2)3/h1-5H,6H2;. The van der Waals surface area contributed by atoms with E-state index in [2.05, 4.69) is 0 Å². The van der Waals surface area contributed by atoms with E-state index in [1.807, 2.05) is 30.3 Å². The number of benzene rings is 1. The van der Waals surface area contributed by atoms with Gasteiger partial charge in [0.25, 0.3) is 0 Å². The second-order valence-electron chi connectivity index (χ2n) is 1.83. The number of hydrogen-bond donors (Lipinski definition) is 0. The summed E-state index contributed by atoms with van der Waals surface area (Å²) in [5, 5.41) is 0. The van der Waals surface area contributed by atoms with Gasteiger partial charge in [-0.05, 0) is 5.56 Å². The van der Waals surface area contributed by atoms with Gasteiger partial charge < -0.3 is 0 Å². The summed E-state index contributed by atoms with van der Waals surface area (Å²) in [7, 11) is 0. The molecule has 0 aliphatic carbocycles. The van der Waals surface area contributed by atoms with Crippen LogP contribution in [0, 0.1) is 0 Å². The molecule has 0 spiro atoms. The highest BCUT2D eigenvalue weighted by Gasteiger charge is 1.88. The van der Waals surface area contributed by atoms with Crippen LogP contribution in [0.25, 0.3) is 0 Å². The second kappa shape index (κ2) is 8.21. The normalized spacial score (nSPS) is 9.08. The smallest absolute Gasteiger partial charge is 0.125 e. The highest BCUT2D eigenvalue weighted by Crippen LogP contribution is 2.00. The maximum atomic E-state index is 5.53. The third-order valence-corrected chi connectivity index (χ3v) is 1.31. The average molecular weight is 261 g/mol. The van der Waals surface area contributed by atoms with E-state index in [1.165, 1.54) is 5.56 Å². The summed E-state index contributed by atoms with van der Waals surface area (Å²) in [6, 6.07) is 9.96. The Kier molecular flexibility index (Phi) is 8.61. The van der Waals surface area contributed by atoms with Gasteiger partial charge in [-0.2, -0.15) is 0 Å². The fraction of sp³-hybridized carbons (Fsp3) is 0.143. The maximum Gasteiger partial charge on any atom is 0.376 e. The van der Waals surface area contributed by atoms with Crippen LogP contribution in [0.4, 0.5) is 0 Å². The Balaban J connectivity index is 0.000000261. The van der Waals surface area contributed by atoms with E-state index in [9.17, 15) is 0 Å². The van der Waals surface area contributed by atoms with Gasteiger partial charge in [0.15, 0.2) is 0 Å². The highest BCUT2D eigenvalue weighted by molar-refractivity contribution is 7.54. The molecule has 0 aliphatic rings. The first kappa shape index (κ1) is 12.6. The van der Waals surface area contributed by atoms with Crippen molar-refractivity contribution in [1.82, 2.24) is 0 Å². The summed E-state index contributed by atoms with van der Waals surface area (Å²) in [4.78, 5) is 0. The Labute approximate surface area is 93.1 Å². The van der Waals surface area contributed by atoms with E-state index < -0.39 is 6.73 Å². The van der Waals surface area contributed by atoms with E-state index in [0.29, 0.717) is 5.88 Å². The van der Waals surface area contributed by atoms with Crippen LogP contribution >= 0.6 is 44.8 Å². The lowest BCUT2D eigenvalue weighted by Crippen LogP contribution is -1.71. The Morgan fingerprint density at radius 2 is 1.42 bits per heavy atom. The Bertz CT molecular complexity index is 187. The highest BCUT2D eigenvalue weighted by atomic mass is 35.8. The van der Waals surface area contributed by atoms with Crippen LogP contribution < -0.4 is 0 Å². The molecule has 0 saturated carbocycles. The van der Waals surface area contributed by atoms with Gasteiger partial charge in [0.1, 0.15) is 0 Å². The maximum absolute atomic E-state index is 5.53. The van der Waals surface area contributed by atoms with Crippen molar-refractivity contribution in [2.45, 2.75) is 5.88 Å². The zero-order valence-electron chi connectivity index (χ0n) is 6.11. The van der Waals surface area contributed by atoms with Gasteiger partial charge in [-0.25, -0.2) is 0 Å². The number of hydrogen-bond acceptors (Lipinski definition) is 0. The summed E-state index contributed by atoms with van der Waals surface area (Å²) in [6.45, 7) is -1.46. The molecule has 1 radical (unpaired) electrons. The molecule has 0 aromatic heterocycles. The van der Waals surface area contributed by atoms with E-state index in [4.69, 9.17) is 44.8 Å². The van der Waals surface area contributed by atoms with Crippen molar-refractivity contribution >= 4 is 51.6 Å². The fourth-order valence-corrected chi connectivity index (χ4v) is 0.745. The van der Waals surface area contributed by atoms with Crippen molar-refractivity contribution in [2.75, 3.05) is 0 Å². The summed E-state index contributed by atoms with van der Waals surface area (Å²) in [5.41, 5.74) is 1.18. The lowest BCUT2D eigenvalue weighted by atomic mass is 10.2. The van der Waals surface area contributed by atoms with Crippen LogP contribution in [0.5, 0.6) is 0 Å². The molecular weight excluding hydrogens is 254 g/mol. The Hall–Kier alpha value is 0.597. The van der Waals surface area contributed by atoms with Gasteiger partial charge in [0.2, 0.25) is 0 Å². The first-order chi connectivity index (χ1) is 5.66. The molecule has 0 unspecified atom stereocenters. The lowest BCUT2D eigenvalue weighted by Gasteiger charge is -1.88. The van der Waals surface area contributed by atoms with E-state index >= 15 is 0 Å². The first-order valence-corrected chi connectivity index (χ1v) is 8.17. The second-order valence-corrected chi connectivity index (χ2v) is 7.67. The van der Waals surface area contributed by atoms with E-state index in [0.717, 1.165) is 0 Å². The molecular formula is C7H7Cl4Si. The minimum Gasteiger partial charge on any atom is -0.125 e. The zero-order valence-corrected chi connectivity index (χ0v) is 10.1. The zero-order chi connectivity index (χ0) is 9.40. The lowest BCUT2D eigenvalue weighted by molar-refractivity contribution is 1.41. The van der Waals surface area contributed by atoms with Crippen molar-refractivity contribution in [2.24, 2.45) is 0 Å². The molecule has 0 nitrogen and oxygen atoms in total. The summed E-state index contributed by atoms with van der Waals surface area (Å²) >= 11 is 20.2. The molecule has 0 atom stereocenters. The molecule has 0 aliphatic heterocycles. The molecule has 1 aromatic carbocycles. The number of halogens is 4. The minimum atomic E-state index is -1.46. The van der Waals surface area contributed by atoms with Crippen LogP contribution in [-0.2, 0) is 5.88 Å². The van der Waals surface area contributed by atoms with Crippen molar-refractivity contribution in [3.05, 3.63) is 35.9 Å². The van der Waals surface area contributed by atoms with Gasteiger partial charge in [-0.3, -0.25) is 0 Å².